The van der Waals surface area contributed by atoms with Crippen LogP contribution in [-0.2, 0) is 0 Å². The van der Waals surface area contributed by atoms with Gasteiger partial charge in [-0.15, -0.1) is 0 Å². The number of thioether (sulfide) groups is 1. The minimum Gasteiger partial charge on any atom is -0.497 e. The van der Waals surface area contributed by atoms with Crippen molar-refractivity contribution in [2.24, 2.45) is 0 Å². The van der Waals surface area contributed by atoms with Gasteiger partial charge in [-0.3, -0.25) is 9.59 Å². The minimum atomic E-state index is -0.187. The van der Waals surface area contributed by atoms with Crippen LogP contribution >= 0.6 is 11.8 Å². The second-order valence-corrected chi connectivity index (χ2v) is 8.75. The number of ketones is 2. The molecule has 0 amide bonds. The molecule has 0 saturated heterocycles. The van der Waals surface area contributed by atoms with Crippen molar-refractivity contribution < 1.29 is 14.3 Å². The predicted molar refractivity (Wildman–Crippen MR) is 136 cm³/mol. The summed E-state index contributed by atoms with van der Waals surface area (Å²) in [7, 11) is 1.60. The first-order chi connectivity index (χ1) is 16.7. The van der Waals surface area contributed by atoms with E-state index in [1.807, 2.05) is 89.8 Å². The van der Waals surface area contributed by atoms with Crippen molar-refractivity contribution in [2.45, 2.75) is 4.90 Å². The van der Waals surface area contributed by atoms with Crippen molar-refractivity contribution in [1.82, 2.24) is 0 Å². The fourth-order valence-corrected chi connectivity index (χ4v) is 5.02. The van der Waals surface area contributed by atoms with E-state index in [0.717, 1.165) is 16.3 Å². The Balaban J connectivity index is 1.76. The monoisotopic (exact) mass is 463 g/mol. The van der Waals surface area contributed by atoms with Gasteiger partial charge < -0.3 is 9.64 Å². The molecule has 0 saturated carbocycles. The third-order valence-corrected chi connectivity index (χ3v) is 6.64. The Kier molecular flexibility index (Phi) is 6.02. The molecule has 5 heteroatoms. The number of ether oxygens (including phenoxy) is 1. The molecular formula is C29H21NO3S. The fourth-order valence-electron chi connectivity index (χ4n) is 3.98. The van der Waals surface area contributed by atoms with Crippen LogP contribution in [-0.4, -0.2) is 18.7 Å². The predicted octanol–water partition coefficient (Wildman–Crippen LogP) is 6.92. The zero-order valence-electron chi connectivity index (χ0n) is 18.5. The van der Waals surface area contributed by atoms with Gasteiger partial charge >= 0.3 is 0 Å². The summed E-state index contributed by atoms with van der Waals surface area (Å²) < 4.78 is 5.37. The van der Waals surface area contributed by atoms with E-state index in [2.05, 4.69) is 0 Å². The Morgan fingerprint density at radius 2 is 1.21 bits per heavy atom. The van der Waals surface area contributed by atoms with Gasteiger partial charge in [0.1, 0.15) is 11.4 Å². The first-order valence-electron chi connectivity index (χ1n) is 10.8. The number of carbonyl (C=O) groups excluding carboxylic acids is 2. The van der Waals surface area contributed by atoms with Crippen LogP contribution in [0.1, 0.15) is 20.7 Å². The van der Waals surface area contributed by atoms with Gasteiger partial charge in [0, 0.05) is 27.4 Å². The highest BCUT2D eigenvalue weighted by atomic mass is 32.2. The number of hydrogen-bond donors (Lipinski definition) is 0. The number of benzene rings is 4. The average molecular weight is 464 g/mol. The largest absolute Gasteiger partial charge is 0.497 e. The number of rotatable bonds is 6. The minimum absolute atomic E-state index is 0.171. The first-order valence-corrected chi connectivity index (χ1v) is 11.6. The molecule has 0 bridgehead atoms. The third-order valence-electron chi connectivity index (χ3n) is 5.57. The van der Waals surface area contributed by atoms with Gasteiger partial charge in [-0.05, 0) is 42.5 Å². The zero-order valence-corrected chi connectivity index (χ0v) is 19.3. The van der Waals surface area contributed by atoms with Gasteiger partial charge in [-0.2, -0.15) is 0 Å². The van der Waals surface area contributed by atoms with Crippen LogP contribution in [0.5, 0.6) is 5.75 Å². The molecule has 4 aromatic carbocycles. The van der Waals surface area contributed by atoms with Crippen molar-refractivity contribution in [2.75, 3.05) is 12.0 Å². The third kappa shape index (κ3) is 4.02. The summed E-state index contributed by atoms with van der Waals surface area (Å²) in [6.45, 7) is 0. The summed E-state index contributed by atoms with van der Waals surface area (Å²) in [5.74, 6) is 0.327. The summed E-state index contributed by atoms with van der Waals surface area (Å²) in [4.78, 5) is 30.9. The number of para-hydroxylation sites is 2. The van der Waals surface area contributed by atoms with Gasteiger partial charge in [-0.1, -0.05) is 78.5 Å². The van der Waals surface area contributed by atoms with Crippen molar-refractivity contribution in [3.63, 3.8) is 0 Å². The lowest BCUT2D eigenvalue weighted by Gasteiger charge is -2.31. The Labute approximate surface area is 202 Å². The second kappa shape index (κ2) is 9.41. The molecule has 0 N–H and O–H groups in total. The van der Waals surface area contributed by atoms with Gasteiger partial charge in [-0.25, -0.2) is 0 Å². The summed E-state index contributed by atoms with van der Waals surface area (Å²) in [5.41, 5.74) is 2.77. The molecular weight excluding hydrogens is 442 g/mol. The van der Waals surface area contributed by atoms with Crippen molar-refractivity contribution >= 4 is 34.7 Å². The van der Waals surface area contributed by atoms with E-state index >= 15 is 0 Å². The number of carbonyl (C=O) groups is 2. The van der Waals surface area contributed by atoms with Crippen LogP contribution in [0.25, 0.3) is 0 Å². The fraction of sp³-hybridized carbons (Fsp3) is 0.0345. The Bertz CT molecular complexity index is 1360. The molecule has 0 spiro atoms. The molecule has 1 aliphatic rings. The molecule has 0 atom stereocenters. The van der Waals surface area contributed by atoms with Crippen LogP contribution in [0.15, 0.2) is 125 Å². The molecule has 4 nitrogen and oxygen atoms in total. The molecule has 0 aromatic heterocycles. The Morgan fingerprint density at radius 1 is 0.647 bits per heavy atom. The lowest BCUT2D eigenvalue weighted by Crippen LogP contribution is -2.31. The summed E-state index contributed by atoms with van der Waals surface area (Å²) in [6.07, 6.45) is 0. The van der Waals surface area contributed by atoms with Crippen LogP contribution in [0.2, 0.25) is 0 Å². The Hall–Kier alpha value is -4.09. The van der Waals surface area contributed by atoms with Crippen molar-refractivity contribution in [3.05, 3.63) is 131 Å². The smallest absolute Gasteiger partial charge is 0.211 e. The second-order valence-electron chi connectivity index (χ2n) is 7.67. The number of anilines is 2. The molecule has 1 aliphatic carbocycles. The molecule has 4 aromatic rings. The van der Waals surface area contributed by atoms with Gasteiger partial charge in [0.2, 0.25) is 11.6 Å². The number of fused-ring (bicyclic) bond motifs is 1. The van der Waals surface area contributed by atoms with E-state index in [1.165, 1.54) is 11.8 Å². The van der Waals surface area contributed by atoms with E-state index in [-0.39, 0.29) is 11.6 Å². The molecule has 0 fully saturated rings. The molecule has 0 radical (unpaired) electrons. The Morgan fingerprint density at radius 3 is 1.79 bits per heavy atom. The molecule has 0 heterocycles. The quantitative estimate of drug-likeness (QED) is 0.311. The number of allylic oxidation sites excluding steroid dienone is 2. The average Bonchev–Trinajstić information content (AvgIpc) is 2.90. The zero-order chi connectivity index (χ0) is 23.5. The highest BCUT2D eigenvalue weighted by molar-refractivity contribution is 8.04. The first kappa shape index (κ1) is 21.7. The number of methoxy groups -OCH3 is 1. The normalized spacial score (nSPS) is 13.0. The SMILES string of the molecule is COc1cccc(SC2=C(N(c3ccccc3)c3ccccc3)C(=O)c3ccccc3C2=O)c1. The van der Waals surface area contributed by atoms with E-state index in [0.29, 0.717) is 27.5 Å². The molecule has 34 heavy (non-hydrogen) atoms. The topological polar surface area (TPSA) is 46.6 Å². The van der Waals surface area contributed by atoms with Crippen molar-refractivity contribution in [3.8, 4) is 5.75 Å². The number of Topliss-reactive ketones (excluding diaryl/α,β-unsaturated/α-hetero) is 2. The van der Waals surface area contributed by atoms with Crippen LogP contribution in [0.4, 0.5) is 11.4 Å². The highest BCUT2D eigenvalue weighted by Gasteiger charge is 2.36. The molecule has 166 valence electrons. The number of nitrogens with zero attached hydrogens (tertiary/aromatic N) is 1. The van der Waals surface area contributed by atoms with Gasteiger partial charge in [0.15, 0.2) is 0 Å². The molecule has 5 rings (SSSR count). The van der Waals surface area contributed by atoms with E-state index < -0.39 is 0 Å². The standard InChI is InChI=1S/C29H21NO3S/c1-33-22-15-10-16-23(19-22)34-29-26(27(31)24-17-8-9-18-25(24)28(29)32)30(20-11-4-2-5-12-20)21-13-6-3-7-14-21/h2-19H,1H3. The molecule has 0 unspecified atom stereocenters. The summed E-state index contributed by atoms with van der Waals surface area (Å²) in [6, 6.07) is 33.8. The lowest BCUT2D eigenvalue weighted by atomic mass is 9.91. The molecule has 0 aliphatic heterocycles. The summed E-state index contributed by atoms with van der Waals surface area (Å²) >= 11 is 1.28. The maximum atomic E-state index is 14.0. The summed E-state index contributed by atoms with van der Waals surface area (Å²) in [5, 5.41) is 0. The highest BCUT2D eigenvalue weighted by Crippen LogP contribution is 2.42. The van der Waals surface area contributed by atoms with Crippen molar-refractivity contribution in [1.29, 1.82) is 0 Å². The van der Waals surface area contributed by atoms with E-state index in [9.17, 15) is 9.59 Å². The maximum absolute atomic E-state index is 14.0. The van der Waals surface area contributed by atoms with Crippen LogP contribution < -0.4 is 9.64 Å². The van der Waals surface area contributed by atoms with Crippen LogP contribution in [0.3, 0.4) is 0 Å². The van der Waals surface area contributed by atoms with E-state index in [1.54, 1.807) is 31.4 Å². The maximum Gasteiger partial charge on any atom is 0.211 e. The number of hydrogen-bond acceptors (Lipinski definition) is 5. The van der Waals surface area contributed by atoms with E-state index in [4.69, 9.17) is 4.74 Å². The lowest BCUT2D eigenvalue weighted by molar-refractivity contribution is 0.0980. The van der Waals surface area contributed by atoms with Crippen LogP contribution in [0, 0.1) is 0 Å². The van der Waals surface area contributed by atoms with Gasteiger partial charge in [0.05, 0.1) is 12.0 Å². The van der Waals surface area contributed by atoms with Gasteiger partial charge in [0.25, 0.3) is 0 Å².